The van der Waals surface area contributed by atoms with Gasteiger partial charge < -0.3 is 5.32 Å². The number of benzene rings is 2. The van der Waals surface area contributed by atoms with Gasteiger partial charge in [0.05, 0.1) is 4.75 Å². The monoisotopic (exact) mass is 413 g/mol. The van der Waals surface area contributed by atoms with Crippen molar-refractivity contribution in [3.8, 4) is 0 Å². The predicted molar refractivity (Wildman–Crippen MR) is 97.6 cm³/mol. The second kappa shape index (κ2) is 7.56. The number of fused-ring (bicyclic) bond motifs is 1. The molecule has 27 heavy (non-hydrogen) atoms. The Morgan fingerprint density at radius 2 is 1.89 bits per heavy atom. The Morgan fingerprint density at radius 1 is 1.22 bits per heavy atom. The molecule has 2 aromatic carbocycles. The Kier molecular flexibility index (Phi) is 5.53. The smallest absolute Gasteiger partial charge is 0.251 e. The predicted octanol–water partition coefficient (Wildman–Crippen LogP) is 4.25. The Labute approximate surface area is 163 Å². The number of carbonyl (C=O) groups is 2. The van der Waals surface area contributed by atoms with E-state index in [-0.39, 0.29) is 23.6 Å². The molecule has 0 bridgehead atoms. The van der Waals surface area contributed by atoms with Gasteiger partial charge >= 0.3 is 0 Å². The summed E-state index contributed by atoms with van der Waals surface area (Å²) in [5.74, 6) is -3.55. The van der Waals surface area contributed by atoms with Crippen molar-refractivity contribution in [1.82, 2.24) is 5.32 Å². The molecule has 0 aliphatic carbocycles. The van der Waals surface area contributed by atoms with Gasteiger partial charge in [-0.05, 0) is 30.7 Å². The first-order valence-corrected chi connectivity index (χ1v) is 9.41. The minimum absolute atomic E-state index is 0.0250. The Bertz CT molecular complexity index is 914. The van der Waals surface area contributed by atoms with Crippen molar-refractivity contribution in [2.24, 2.45) is 0 Å². The van der Waals surface area contributed by atoms with Crippen LogP contribution in [0.3, 0.4) is 0 Å². The zero-order chi connectivity index (χ0) is 19.8. The molecule has 2 aromatic rings. The van der Waals surface area contributed by atoms with Crippen molar-refractivity contribution in [3.05, 3.63) is 64.5 Å². The lowest BCUT2D eigenvalue weighted by Crippen LogP contribution is -2.38. The lowest BCUT2D eigenvalue weighted by Gasteiger charge is -2.31. The van der Waals surface area contributed by atoms with E-state index >= 15 is 0 Å². The molecule has 1 heterocycles. The Morgan fingerprint density at radius 3 is 2.52 bits per heavy atom. The highest BCUT2D eigenvalue weighted by molar-refractivity contribution is 8.01. The summed E-state index contributed by atoms with van der Waals surface area (Å²) >= 11 is 7.26. The van der Waals surface area contributed by atoms with Crippen LogP contribution in [0.25, 0.3) is 0 Å². The summed E-state index contributed by atoms with van der Waals surface area (Å²) in [7, 11) is 0. The molecule has 8 heteroatoms. The van der Waals surface area contributed by atoms with Gasteiger partial charge in [0.2, 0.25) is 0 Å². The van der Waals surface area contributed by atoms with Crippen LogP contribution in [0.1, 0.15) is 28.4 Å². The fourth-order valence-corrected chi connectivity index (χ4v) is 4.17. The van der Waals surface area contributed by atoms with E-state index in [4.69, 9.17) is 11.6 Å². The van der Waals surface area contributed by atoms with Crippen molar-refractivity contribution in [2.75, 3.05) is 5.88 Å². The topological polar surface area (TPSA) is 46.2 Å². The number of halogens is 4. The van der Waals surface area contributed by atoms with E-state index in [0.717, 1.165) is 4.90 Å². The van der Waals surface area contributed by atoms with Crippen LogP contribution in [0.5, 0.6) is 0 Å². The number of nitrogens with one attached hydrogen (secondary N) is 1. The van der Waals surface area contributed by atoms with Crippen molar-refractivity contribution >= 4 is 35.1 Å². The van der Waals surface area contributed by atoms with Crippen molar-refractivity contribution in [2.45, 2.75) is 29.5 Å². The summed E-state index contributed by atoms with van der Waals surface area (Å²) in [6, 6.07) is 6.00. The third-order valence-corrected chi connectivity index (χ3v) is 6.52. The van der Waals surface area contributed by atoms with Gasteiger partial charge in [0.25, 0.3) is 5.91 Å². The maximum atomic E-state index is 13.7. The standard InChI is InChI=1S/C19H15ClF3NO2S/c1-19(9-20)17(25)5-11-4-10(2-3-16(11)27-19)18(26)24-8-13-14(22)6-12(21)7-15(13)23/h2-4,6-7H,5,8-9H2,1H3,(H,24,26). The van der Waals surface area contributed by atoms with Gasteiger partial charge in [0.1, 0.15) is 17.5 Å². The molecule has 1 amide bonds. The minimum Gasteiger partial charge on any atom is -0.348 e. The van der Waals surface area contributed by atoms with Gasteiger partial charge in [-0.2, -0.15) is 0 Å². The van der Waals surface area contributed by atoms with E-state index in [1.807, 2.05) is 0 Å². The molecular formula is C19H15ClF3NO2S. The molecule has 0 radical (unpaired) electrons. The average Bonchev–Trinajstić information content (AvgIpc) is 2.61. The molecule has 3 nitrogen and oxygen atoms in total. The van der Waals surface area contributed by atoms with E-state index in [0.29, 0.717) is 17.7 Å². The maximum absolute atomic E-state index is 13.7. The summed E-state index contributed by atoms with van der Waals surface area (Å²) in [5.41, 5.74) is 0.547. The van der Waals surface area contributed by atoms with E-state index in [1.54, 1.807) is 25.1 Å². The molecule has 0 saturated carbocycles. The van der Waals surface area contributed by atoms with Crippen LogP contribution < -0.4 is 5.32 Å². The van der Waals surface area contributed by atoms with Gasteiger partial charge in [-0.25, -0.2) is 13.2 Å². The van der Waals surface area contributed by atoms with Crippen LogP contribution in [0.2, 0.25) is 0 Å². The molecule has 1 unspecified atom stereocenters. The van der Waals surface area contributed by atoms with Crippen LogP contribution in [-0.4, -0.2) is 22.3 Å². The fraction of sp³-hybridized carbons (Fsp3) is 0.263. The summed E-state index contributed by atoms with van der Waals surface area (Å²) in [6.45, 7) is 1.36. The van der Waals surface area contributed by atoms with Gasteiger partial charge in [-0.15, -0.1) is 23.4 Å². The highest BCUT2D eigenvalue weighted by Crippen LogP contribution is 2.42. The molecule has 0 saturated heterocycles. The zero-order valence-corrected chi connectivity index (χ0v) is 15.8. The highest BCUT2D eigenvalue weighted by atomic mass is 35.5. The second-order valence-electron chi connectivity index (χ2n) is 6.42. The van der Waals surface area contributed by atoms with Crippen LogP contribution in [-0.2, 0) is 17.8 Å². The van der Waals surface area contributed by atoms with Gasteiger partial charge in [-0.3, -0.25) is 9.59 Å². The molecule has 1 N–H and O–H groups in total. The lowest BCUT2D eigenvalue weighted by molar-refractivity contribution is -0.120. The largest absolute Gasteiger partial charge is 0.348 e. The molecule has 0 spiro atoms. The van der Waals surface area contributed by atoms with Crippen molar-refractivity contribution in [3.63, 3.8) is 0 Å². The summed E-state index contributed by atoms with van der Waals surface area (Å²) in [6.07, 6.45) is 0.161. The number of carbonyl (C=O) groups excluding carboxylic acids is 2. The number of rotatable bonds is 4. The second-order valence-corrected chi connectivity index (χ2v) is 8.23. The maximum Gasteiger partial charge on any atom is 0.251 e. The number of hydrogen-bond donors (Lipinski definition) is 1. The van der Waals surface area contributed by atoms with E-state index in [1.165, 1.54) is 11.8 Å². The van der Waals surface area contributed by atoms with Gasteiger partial charge in [-0.1, -0.05) is 0 Å². The first-order valence-electron chi connectivity index (χ1n) is 8.06. The van der Waals surface area contributed by atoms with Crippen molar-refractivity contribution < 1.29 is 22.8 Å². The average molecular weight is 414 g/mol. The zero-order valence-electron chi connectivity index (χ0n) is 14.2. The molecular weight excluding hydrogens is 399 g/mol. The fourth-order valence-electron chi connectivity index (χ4n) is 2.73. The lowest BCUT2D eigenvalue weighted by atomic mass is 9.97. The summed E-state index contributed by atoms with van der Waals surface area (Å²) < 4.78 is 39.6. The first kappa shape index (κ1) is 19.8. The summed E-state index contributed by atoms with van der Waals surface area (Å²) in [4.78, 5) is 25.5. The highest BCUT2D eigenvalue weighted by Gasteiger charge is 2.38. The molecule has 0 fully saturated rings. The molecule has 1 atom stereocenters. The Balaban J connectivity index is 1.76. The quantitative estimate of drug-likeness (QED) is 0.762. The minimum atomic E-state index is -1.07. The van der Waals surface area contributed by atoms with E-state index in [2.05, 4.69) is 5.32 Å². The molecule has 3 rings (SSSR count). The number of hydrogen-bond acceptors (Lipinski definition) is 3. The van der Waals surface area contributed by atoms with Gasteiger partial charge in [0.15, 0.2) is 5.78 Å². The van der Waals surface area contributed by atoms with Crippen molar-refractivity contribution in [1.29, 1.82) is 0 Å². The van der Waals surface area contributed by atoms with Crippen LogP contribution in [0.15, 0.2) is 35.2 Å². The third kappa shape index (κ3) is 3.99. The van der Waals surface area contributed by atoms with Crippen LogP contribution in [0, 0.1) is 17.5 Å². The van der Waals surface area contributed by atoms with E-state index < -0.39 is 40.2 Å². The Hall–Kier alpha value is -1.99. The molecule has 142 valence electrons. The number of thioether (sulfide) groups is 1. The van der Waals surface area contributed by atoms with Crippen LogP contribution in [0.4, 0.5) is 13.2 Å². The molecule has 1 aliphatic rings. The van der Waals surface area contributed by atoms with Gasteiger partial charge in [0, 0.05) is 47.0 Å². The SMILES string of the molecule is CC1(CCl)Sc2ccc(C(=O)NCc3c(F)cc(F)cc3F)cc2CC1=O. The number of alkyl halides is 1. The number of amides is 1. The van der Waals surface area contributed by atoms with Crippen LogP contribution >= 0.6 is 23.4 Å². The molecule has 0 aromatic heterocycles. The number of ketones is 1. The normalized spacial score (nSPS) is 18.9. The molecule has 1 aliphatic heterocycles. The summed E-state index contributed by atoms with van der Waals surface area (Å²) in [5, 5.41) is 2.41. The van der Waals surface area contributed by atoms with E-state index in [9.17, 15) is 22.8 Å². The third-order valence-electron chi connectivity index (χ3n) is 4.39. The number of Topliss-reactive ketones (excluding diaryl/α,β-unsaturated/α-hetero) is 1. The first-order chi connectivity index (χ1) is 12.7.